The first-order chi connectivity index (χ1) is 4.34. The largest absolute Gasteiger partial charge is 0.374 e. The molecule has 0 amide bonds. The first-order valence-electron chi connectivity index (χ1n) is 3.41. The van der Waals surface area contributed by atoms with E-state index >= 15 is 0 Å². The van der Waals surface area contributed by atoms with Gasteiger partial charge in [0.05, 0.1) is 0 Å². The molecule has 1 heterocycles. The highest BCUT2D eigenvalue weighted by Gasteiger charge is 2.00. The molecule has 0 aromatic heterocycles. The Bertz CT molecular complexity index is 145. The van der Waals surface area contributed by atoms with Crippen LogP contribution in [-0.4, -0.2) is 18.5 Å². The Morgan fingerprint density at radius 2 is 2.44 bits per heavy atom. The fourth-order valence-corrected chi connectivity index (χ4v) is 1.03. The van der Waals surface area contributed by atoms with Crippen LogP contribution >= 0.6 is 0 Å². The van der Waals surface area contributed by atoms with E-state index in [4.69, 9.17) is 0 Å². The molecule has 1 aliphatic heterocycles. The van der Waals surface area contributed by atoms with Crippen LogP contribution in [0, 0.1) is 0 Å². The molecule has 0 fully saturated rings. The van der Waals surface area contributed by atoms with Crippen molar-refractivity contribution in [1.29, 1.82) is 0 Å². The van der Waals surface area contributed by atoms with Crippen molar-refractivity contribution in [2.45, 2.75) is 13.3 Å². The zero-order valence-electron chi connectivity index (χ0n) is 6.09. The lowest BCUT2D eigenvalue weighted by Gasteiger charge is -2.21. The Balaban J connectivity index is 2.63. The van der Waals surface area contributed by atoms with Crippen LogP contribution in [0.25, 0.3) is 0 Å². The van der Waals surface area contributed by atoms with Crippen molar-refractivity contribution < 1.29 is 0 Å². The summed E-state index contributed by atoms with van der Waals surface area (Å²) >= 11 is 0. The molecular weight excluding hydrogens is 110 g/mol. The maximum atomic E-state index is 2.26. The van der Waals surface area contributed by atoms with Gasteiger partial charge in [0.25, 0.3) is 0 Å². The van der Waals surface area contributed by atoms with E-state index in [2.05, 4.69) is 37.1 Å². The van der Waals surface area contributed by atoms with E-state index in [1.165, 1.54) is 5.70 Å². The fourth-order valence-electron chi connectivity index (χ4n) is 1.03. The average molecular weight is 123 g/mol. The number of likely N-dealkylation sites (N-methyl/N-ethyl adjacent to an activating group) is 1. The molecule has 0 aromatic carbocycles. The minimum absolute atomic E-state index is 1.07. The molecule has 1 aliphatic rings. The van der Waals surface area contributed by atoms with Crippen LogP contribution in [0.3, 0.4) is 0 Å². The fraction of sp³-hybridized carbons (Fsp3) is 0.500. The number of nitrogens with zero attached hydrogens (tertiary/aromatic N) is 1. The van der Waals surface area contributed by atoms with E-state index < -0.39 is 0 Å². The second-order valence-corrected chi connectivity index (χ2v) is 2.32. The van der Waals surface area contributed by atoms with Crippen LogP contribution in [0.5, 0.6) is 0 Å². The second kappa shape index (κ2) is 2.72. The molecule has 0 bridgehead atoms. The van der Waals surface area contributed by atoms with Gasteiger partial charge >= 0.3 is 0 Å². The Morgan fingerprint density at radius 3 is 2.89 bits per heavy atom. The Hall–Kier alpha value is -0.720. The van der Waals surface area contributed by atoms with Crippen molar-refractivity contribution in [2.24, 2.45) is 0 Å². The first-order valence-corrected chi connectivity index (χ1v) is 3.41. The summed E-state index contributed by atoms with van der Waals surface area (Å²) in [7, 11) is 2.12. The Labute approximate surface area is 56.7 Å². The summed E-state index contributed by atoms with van der Waals surface area (Å²) in [5.41, 5.74) is 1.43. The summed E-state index contributed by atoms with van der Waals surface area (Å²) < 4.78 is 0. The Kier molecular flexibility index (Phi) is 1.93. The molecule has 0 atom stereocenters. The van der Waals surface area contributed by atoms with Crippen molar-refractivity contribution in [2.75, 3.05) is 13.6 Å². The second-order valence-electron chi connectivity index (χ2n) is 2.32. The number of allylic oxidation sites excluding steroid dienone is 3. The third-order valence-electron chi connectivity index (χ3n) is 1.66. The number of rotatable bonds is 1. The van der Waals surface area contributed by atoms with Crippen molar-refractivity contribution in [3.8, 4) is 0 Å². The van der Waals surface area contributed by atoms with Gasteiger partial charge in [0, 0.05) is 19.3 Å². The zero-order valence-corrected chi connectivity index (χ0v) is 6.09. The van der Waals surface area contributed by atoms with Crippen LogP contribution in [-0.2, 0) is 0 Å². The van der Waals surface area contributed by atoms with Crippen molar-refractivity contribution in [3.05, 3.63) is 23.9 Å². The van der Waals surface area contributed by atoms with E-state index in [0.717, 1.165) is 13.0 Å². The summed E-state index contributed by atoms with van der Waals surface area (Å²) in [4.78, 5) is 2.26. The predicted molar refractivity (Wildman–Crippen MR) is 40.1 cm³/mol. The third-order valence-corrected chi connectivity index (χ3v) is 1.66. The highest BCUT2D eigenvalue weighted by Crippen LogP contribution is 2.09. The molecule has 0 aromatic rings. The van der Waals surface area contributed by atoms with Crippen LogP contribution in [0.2, 0.25) is 0 Å². The summed E-state index contributed by atoms with van der Waals surface area (Å²) in [6, 6.07) is 0. The van der Waals surface area contributed by atoms with Gasteiger partial charge in [-0.15, -0.1) is 0 Å². The minimum Gasteiger partial charge on any atom is -0.374 e. The molecular formula is C8H13N. The maximum absolute atomic E-state index is 2.26. The molecule has 1 rings (SSSR count). The molecule has 0 aliphatic carbocycles. The van der Waals surface area contributed by atoms with E-state index in [1.54, 1.807) is 0 Å². The summed E-state index contributed by atoms with van der Waals surface area (Å²) in [6.45, 7) is 3.25. The van der Waals surface area contributed by atoms with E-state index in [-0.39, 0.29) is 0 Å². The normalized spacial score (nSPS) is 18.0. The SMILES string of the molecule is CCC1=CC=CCN1C. The molecule has 0 spiro atoms. The topological polar surface area (TPSA) is 3.24 Å². The quantitative estimate of drug-likeness (QED) is 0.513. The van der Waals surface area contributed by atoms with Crippen molar-refractivity contribution >= 4 is 0 Å². The maximum Gasteiger partial charge on any atom is 0.0356 e. The van der Waals surface area contributed by atoms with Crippen LogP contribution in [0.4, 0.5) is 0 Å². The first kappa shape index (κ1) is 6.40. The average Bonchev–Trinajstić information content (AvgIpc) is 1.89. The van der Waals surface area contributed by atoms with Gasteiger partial charge in [0.2, 0.25) is 0 Å². The summed E-state index contributed by atoms with van der Waals surface area (Å²) in [5.74, 6) is 0. The van der Waals surface area contributed by atoms with Gasteiger partial charge in [-0.25, -0.2) is 0 Å². The van der Waals surface area contributed by atoms with E-state index in [1.807, 2.05) is 0 Å². The van der Waals surface area contributed by atoms with E-state index in [0.29, 0.717) is 0 Å². The smallest absolute Gasteiger partial charge is 0.0356 e. The molecule has 9 heavy (non-hydrogen) atoms. The lowest BCUT2D eigenvalue weighted by molar-refractivity contribution is 0.444. The van der Waals surface area contributed by atoms with Gasteiger partial charge in [0.1, 0.15) is 0 Å². The van der Waals surface area contributed by atoms with Crippen molar-refractivity contribution in [1.82, 2.24) is 4.90 Å². The van der Waals surface area contributed by atoms with Crippen LogP contribution in [0.15, 0.2) is 23.9 Å². The Morgan fingerprint density at radius 1 is 1.67 bits per heavy atom. The zero-order chi connectivity index (χ0) is 6.69. The molecule has 1 nitrogen and oxygen atoms in total. The highest BCUT2D eigenvalue weighted by molar-refractivity contribution is 5.16. The van der Waals surface area contributed by atoms with Crippen LogP contribution in [0.1, 0.15) is 13.3 Å². The van der Waals surface area contributed by atoms with Gasteiger partial charge in [-0.3, -0.25) is 0 Å². The standard InChI is InChI=1S/C8H13N/c1-3-8-6-4-5-7-9(8)2/h4-6H,3,7H2,1-2H3. The molecule has 0 N–H and O–H groups in total. The number of hydrogen-bond donors (Lipinski definition) is 0. The molecule has 1 heteroatoms. The predicted octanol–water partition coefficient (Wildman–Crippen LogP) is 1.78. The third kappa shape index (κ3) is 1.35. The summed E-state index contributed by atoms with van der Waals surface area (Å²) in [5, 5.41) is 0. The van der Waals surface area contributed by atoms with E-state index in [9.17, 15) is 0 Å². The van der Waals surface area contributed by atoms with Gasteiger partial charge in [-0.1, -0.05) is 19.1 Å². The molecule has 0 saturated carbocycles. The highest BCUT2D eigenvalue weighted by atomic mass is 15.1. The van der Waals surface area contributed by atoms with Crippen LogP contribution < -0.4 is 0 Å². The van der Waals surface area contributed by atoms with Crippen molar-refractivity contribution in [3.63, 3.8) is 0 Å². The lowest BCUT2D eigenvalue weighted by atomic mass is 10.2. The summed E-state index contributed by atoms with van der Waals surface area (Å²) in [6.07, 6.45) is 7.60. The monoisotopic (exact) mass is 123 g/mol. The molecule has 0 saturated heterocycles. The number of hydrogen-bond acceptors (Lipinski definition) is 1. The van der Waals surface area contributed by atoms with Gasteiger partial charge in [-0.2, -0.15) is 0 Å². The molecule has 0 unspecified atom stereocenters. The lowest BCUT2D eigenvalue weighted by Crippen LogP contribution is -2.18. The van der Waals surface area contributed by atoms with Gasteiger partial charge < -0.3 is 4.90 Å². The van der Waals surface area contributed by atoms with Gasteiger partial charge in [-0.05, 0) is 12.5 Å². The minimum atomic E-state index is 1.07. The molecule has 0 radical (unpaired) electrons. The molecule has 50 valence electrons. The van der Waals surface area contributed by atoms with Gasteiger partial charge in [0.15, 0.2) is 0 Å².